The third kappa shape index (κ3) is 15.2. The van der Waals surface area contributed by atoms with Gasteiger partial charge in [-0.2, -0.15) is 0 Å². The molecule has 0 aliphatic carbocycles. The van der Waals surface area contributed by atoms with Gasteiger partial charge in [0, 0.05) is 105 Å². The van der Waals surface area contributed by atoms with E-state index in [1.165, 1.54) is 0 Å². The highest BCUT2D eigenvalue weighted by Crippen LogP contribution is 2.49. The second-order valence-corrected chi connectivity index (χ2v) is 32.9. The van der Waals surface area contributed by atoms with Gasteiger partial charge >= 0.3 is 0 Å². The Kier molecular flexibility index (Phi) is 20.5. The predicted molar refractivity (Wildman–Crippen MR) is 541 cm³/mol. The first-order valence-electron chi connectivity index (χ1n) is 44.6. The molecule has 0 saturated heterocycles. The molecular formula is C118H72N18. The standard InChI is InChI=1S/C118H72N18/c1-119-96-57-33-32-55-89(96)84-59-64-97(135-98-65-60-85(114-125-104(74-35-12-2-13-36-74)120-105(126-114)75-37-14-3-15-38-75)70-92(98)93-71-86(61-66-99(93)135)115-127-106(76-39-16-4-17-40-76)121-107(128-115)77-41-18-5-19-42-77)91(69-84)90-56-34-58-102(103(90)118-133-112(82-51-28-10-29-52-82)124-113(134-118)83-53-30-11-31-54-83)136-100-67-62-87(116-129-108(78-43-20-6-21-44-78)122-109(130-116)79-45-22-7-23-46-79)72-94(100)95-73-88(63-68-101(95)136)117-131-110(80-47-24-8-25-48-80)123-111(132-117)81-49-26-9-27-50-81/h2-73H. The zero-order valence-corrected chi connectivity index (χ0v) is 72.6. The van der Waals surface area contributed by atoms with Crippen molar-refractivity contribution in [1.29, 1.82) is 0 Å². The van der Waals surface area contributed by atoms with E-state index < -0.39 is 0 Å². The fourth-order valence-corrected chi connectivity index (χ4v) is 17.9. The molecule has 0 aliphatic rings. The molecule has 0 atom stereocenters. The van der Waals surface area contributed by atoms with Gasteiger partial charge in [0.05, 0.1) is 45.6 Å². The quantitative estimate of drug-likeness (QED) is 0.0690. The molecule has 0 aliphatic heterocycles. The lowest BCUT2D eigenvalue weighted by atomic mass is 9.92. The monoisotopic (exact) mass is 1740 g/mol. The Bertz CT molecular complexity index is 8100. The third-order valence-corrected chi connectivity index (χ3v) is 24.4. The molecule has 0 spiro atoms. The first-order chi connectivity index (χ1) is 67.3. The summed E-state index contributed by atoms with van der Waals surface area (Å²) in [6.45, 7) is 8.79. The van der Waals surface area contributed by atoms with Crippen LogP contribution in [0.1, 0.15) is 0 Å². The number of benzene rings is 17. The molecule has 0 bridgehead atoms. The van der Waals surface area contributed by atoms with Crippen molar-refractivity contribution >= 4 is 49.3 Å². The fourth-order valence-electron chi connectivity index (χ4n) is 17.9. The van der Waals surface area contributed by atoms with Gasteiger partial charge in [-0.15, -0.1) is 0 Å². The number of hydrogen-bond acceptors (Lipinski definition) is 15. The van der Waals surface area contributed by atoms with Crippen LogP contribution in [0.2, 0.25) is 0 Å². The van der Waals surface area contributed by atoms with Crippen LogP contribution in [0, 0.1) is 6.57 Å². The van der Waals surface area contributed by atoms with Crippen LogP contribution in [0.4, 0.5) is 5.69 Å². The molecule has 17 aromatic carbocycles. The van der Waals surface area contributed by atoms with E-state index in [2.05, 4.69) is 123 Å². The normalized spacial score (nSPS) is 11.4. The summed E-state index contributed by atoms with van der Waals surface area (Å²) < 4.78 is 4.66. The molecule has 7 heterocycles. The average molecular weight is 1740 g/mol. The van der Waals surface area contributed by atoms with E-state index in [1.807, 2.05) is 328 Å². The van der Waals surface area contributed by atoms with Crippen molar-refractivity contribution in [1.82, 2.24) is 83.9 Å². The van der Waals surface area contributed by atoms with E-state index in [-0.39, 0.29) is 0 Å². The van der Waals surface area contributed by atoms with E-state index in [9.17, 15) is 0 Å². The summed E-state index contributed by atoms with van der Waals surface area (Å²) in [5, 5.41) is 3.46. The lowest BCUT2D eigenvalue weighted by Crippen LogP contribution is -2.06. The van der Waals surface area contributed by atoms with Gasteiger partial charge in [-0.3, -0.25) is 0 Å². The SMILES string of the molecule is [C-]#[N+]c1ccccc1-c1ccc(-n2c3ccc(-c4nc(-c5ccccc5)nc(-c5ccccc5)n4)cc3c3cc(-c4nc(-c5ccccc5)nc(-c5ccccc5)n4)ccc32)c(-c2cccc(-n3c4ccc(-c5nc(-c6ccccc6)nc(-c6ccccc6)n5)cc4c4cc(-c5nc(-c6ccccc6)nc(-c6ccccc6)n5)ccc43)c2-c2nc(-c3ccccc3)nc(-c3ccccc3)n2)c1. The molecule has 634 valence electrons. The molecule has 18 heteroatoms. The highest BCUT2D eigenvalue weighted by Gasteiger charge is 2.30. The second kappa shape index (κ2) is 34.7. The number of hydrogen-bond donors (Lipinski definition) is 0. The van der Waals surface area contributed by atoms with Crippen molar-refractivity contribution in [2.24, 2.45) is 0 Å². The van der Waals surface area contributed by atoms with E-state index in [0.29, 0.717) is 98.6 Å². The summed E-state index contributed by atoms with van der Waals surface area (Å²) in [6, 6.07) is 147. The van der Waals surface area contributed by atoms with E-state index in [1.54, 1.807) is 0 Å². The Morgan fingerprint density at radius 1 is 0.154 bits per heavy atom. The Labute approximate surface area is 780 Å². The van der Waals surface area contributed by atoms with Gasteiger partial charge < -0.3 is 9.13 Å². The minimum Gasteiger partial charge on any atom is -0.309 e. The lowest BCUT2D eigenvalue weighted by Gasteiger charge is -2.22. The number of para-hydroxylation sites is 1. The number of fused-ring (bicyclic) bond motifs is 6. The summed E-state index contributed by atoms with van der Waals surface area (Å²) in [5.74, 6) is 7.41. The summed E-state index contributed by atoms with van der Waals surface area (Å²) in [7, 11) is 0. The molecular weight excluding hydrogens is 1670 g/mol. The molecule has 0 amide bonds. The Morgan fingerprint density at radius 2 is 0.368 bits per heavy atom. The Balaban J connectivity index is 0.802. The topological polar surface area (TPSA) is 208 Å². The van der Waals surface area contributed by atoms with Crippen LogP contribution in [0.3, 0.4) is 0 Å². The summed E-state index contributed by atoms with van der Waals surface area (Å²) in [4.78, 5) is 84.4. The maximum Gasteiger partial charge on any atom is 0.194 e. The summed E-state index contributed by atoms with van der Waals surface area (Å²) in [5.41, 5.74) is 20.3. The van der Waals surface area contributed by atoms with Gasteiger partial charge in [0.2, 0.25) is 0 Å². The van der Waals surface area contributed by atoms with E-state index in [0.717, 1.165) is 155 Å². The van der Waals surface area contributed by atoms with Crippen molar-refractivity contribution in [2.45, 2.75) is 0 Å². The van der Waals surface area contributed by atoms with Gasteiger partial charge in [0.1, 0.15) is 0 Å². The zero-order chi connectivity index (χ0) is 90.4. The zero-order valence-electron chi connectivity index (χ0n) is 72.6. The highest BCUT2D eigenvalue weighted by molar-refractivity contribution is 6.14. The molecule has 0 fully saturated rings. The fraction of sp³-hybridized carbons (Fsp3) is 0. The van der Waals surface area contributed by atoms with E-state index >= 15 is 0 Å². The Morgan fingerprint density at radius 3 is 0.625 bits per heavy atom. The van der Waals surface area contributed by atoms with Crippen LogP contribution in [-0.2, 0) is 0 Å². The minimum absolute atomic E-state index is 0.374. The van der Waals surface area contributed by atoms with Crippen molar-refractivity contribution in [3.63, 3.8) is 0 Å². The molecule has 0 N–H and O–H groups in total. The first kappa shape index (κ1) is 80.2. The Hall–Kier alpha value is -19.1. The number of rotatable bonds is 19. The van der Waals surface area contributed by atoms with Crippen molar-refractivity contribution in [3.8, 4) is 204 Å². The van der Waals surface area contributed by atoms with Gasteiger partial charge in [-0.05, 0) is 108 Å². The molecule has 0 radical (unpaired) electrons. The lowest BCUT2D eigenvalue weighted by molar-refractivity contribution is 1.06. The summed E-state index contributed by atoms with van der Waals surface area (Å²) >= 11 is 0. The largest absolute Gasteiger partial charge is 0.309 e. The van der Waals surface area contributed by atoms with Crippen molar-refractivity contribution in [3.05, 3.63) is 448 Å². The van der Waals surface area contributed by atoms with Crippen LogP contribution < -0.4 is 0 Å². The summed E-state index contributed by atoms with van der Waals surface area (Å²) in [6.07, 6.45) is 0. The van der Waals surface area contributed by atoms with Crippen molar-refractivity contribution in [2.75, 3.05) is 0 Å². The van der Waals surface area contributed by atoms with Crippen LogP contribution >= 0.6 is 0 Å². The van der Waals surface area contributed by atoms with Crippen molar-refractivity contribution < 1.29 is 0 Å². The molecule has 7 aromatic heterocycles. The number of aromatic nitrogens is 17. The molecule has 0 unspecified atom stereocenters. The van der Waals surface area contributed by atoms with Crippen LogP contribution in [0.25, 0.3) is 253 Å². The second-order valence-electron chi connectivity index (χ2n) is 32.9. The smallest absolute Gasteiger partial charge is 0.194 e. The maximum absolute atomic E-state index is 8.79. The van der Waals surface area contributed by atoms with Gasteiger partial charge in [-0.25, -0.2) is 79.6 Å². The first-order valence-corrected chi connectivity index (χ1v) is 44.6. The minimum atomic E-state index is 0.374. The highest BCUT2D eigenvalue weighted by atomic mass is 15.1. The molecule has 24 rings (SSSR count). The van der Waals surface area contributed by atoms with Gasteiger partial charge in [0.15, 0.2) is 93.1 Å². The van der Waals surface area contributed by atoms with E-state index in [4.69, 9.17) is 81.3 Å². The molecule has 0 saturated carbocycles. The predicted octanol–water partition coefficient (Wildman–Crippen LogP) is 27.7. The maximum atomic E-state index is 8.79. The van der Waals surface area contributed by atoms with Crippen LogP contribution in [0.15, 0.2) is 437 Å². The molecule has 18 nitrogen and oxygen atoms in total. The average Bonchev–Trinajstić information content (AvgIpc) is 1.53. The third-order valence-electron chi connectivity index (χ3n) is 24.4. The molecule has 136 heavy (non-hydrogen) atoms. The van der Waals surface area contributed by atoms with Gasteiger partial charge in [0.25, 0.3) is 0 Å². The molecule has 24 aromatic rings. The van der Waals surface area contributed by atoms with Gasteiger partial charge in [-0.1, -0.05) is 346 Å². The van der Waals surface area contributed by atoms with Crippen LogP contribution in [-0.4, -0.2) is 83.9 Å². The number of nitrogens with zero attached hydrogens (tertiary/aromatic N) is 18. The van der Waals surface area contributed by atoms with Crippen LogP contribution in [0.5, 0.6) is 0 Å².